The molecule has 0 aromatic heterocycles. The van der Waals surface area contributed by atoms with Crippen LogP contribution in [0.2, 0.25) is 0 Å². The maximum atomic E-state index is 14.3. The molecule has 0 aliphatic carbocycles. The van der Waals surface area contributed by atoms with Gasteiger partial charge >= 0.3 is 0 Å². The summed E-state index contributed by atoms with van der Waals surface area (Å²) in [4.78, 5) is 15.6. The molecule has 2 saturated heterocycles. The highest BCUT2D eigenvalue weighted by Gasteiger charge is 2.16. The van der Waals surface area contributed by atoms with Crippen molar-refractivity contribution in [1.29, 1.82) is 0 Å². The fraction of sp³-hybridized carbons (Fsp3) is 0.438. The number of amidine groups is 1. The number of carbonyl (C=O) groups is 1. The van der Waals surface area contributed by atoms with Gasteiger partial charge in [-0.3, -0.25) is 9.69 Å². The van der Waals surface area contributed by atoms with Gasteiger partial charge in [0.15, 0.2) is 5.17 Å². The summed E-state index contributed by atoms with van der Waals surface area (Å²) in [5.74, 6) is 0.0617. The Hall–Kier alpha value is -1.77. The molecule has 1 aromatic rings. The lowest BCUT2D eigenvalue weighted by Crippen LogP contribution is -2.44. The van der Waals surface area contributed by atoms with Crippen molar-refractivity contribution >= 4 is 29.1 Å². The van der Waals surface area contributed by atoms with Gasteiger partial charge in [-0.2, -0.15) is 5.10 Å². The Kier molecular flexibility index (Phi) is 5.60. The monoisotopic (exact) mass is 349 g/mol. The number of amides is 1. The predicted octanol–water partition coefficient (Wildman–Crippen LogP) is 1.13. The number of carbonyl (C=O) groups excluding carboxylic acids is 1. The second-order valence-electron chi connectivity index (χ2n) is 5.92. The molecule has 0 radical (unpaired) electrons. The zero-order valence-corrected chi connectivity index (χ0v) is 14.4. The van der Waals surface area contributed by atoms with E-state index in [0.29, 0.717) is 28.6 Å². The minimum Gasteiger partial charge on any atom is -0.304 e. The van der Waals surface area contributed by atoms with Gasteiger partial charge in [0.2, 0.25) is 5.91 Å². The molecule has 0 spiro atoms. The van der Waals surface area contributed by atoms with Gasteiger partial charge < -0.3 is 10.2 Å². The SMILES string of the molecule is CN1CCN(Cc2ccc(C=NN=C3NC(=O)CS3)cc2F)CC1. The molecule has 0 unspecified atom stereocenters. The number of likely N-dealkylation sites (N-methyl/N-ethyl adjacent to an activating group) is 1. The van der Waals surface area contributed by atoms with E-state index in [-0.39, 0.29) is 11.7 Å². The van der Waals surface area contributed by atoms with Gasteiger partial charge in [0, 0.05) is 38.3 Å². The van der Waals surface area contributed by atoms with Crippen LogP contribution in [-0.2, 0) is 11.3 Å². The van der Waals surface area contributed by atoms with E-state index in [1.165, 1.54) is 24.0 Å². The van der Waals surface area contributed by atoms with Gasteiger partial charge in [0.25, 0.3) is 0 Å². The first-order chi connectivity index (χ1) is 11.6. The molecule has 2 aliphatic rings. The average Bonchev–Trinajstić information content (AvgIpc) is 2.97. The lowest BCUT2D eigenvalue weighted by atomic mass is 10.1. The largest absolute Gasteiger partial charge is 0.304 e. The van der Waals surface area contributed by atoms with Gasteiger partial charge in [0.05, 0.1) is 12.0 Å². The smallest absolute Gasteiger partial charge is 0.236 e. The summed E-state index contributed by atoms with van der Waals surface area (Å²) in [6.45, 7) is 4.57. The topological polar surface area (TPSA) is 60.3 Å². The molecule has 1 N–H and O–H groups in total. The molecule has 0 atom stereocenters. The summed E-state index contributed by atoms with van der Waals surface area (Å²) in [5.41, 5.74) is 1.34. The van der Waals surface area contributed by atoms with Crippen LogP contribution in [0.5, 0.6) is 0 Å². The van der Waals surface area contributed by atoms with E-state index in [1.54, 1.807) is 6.07 Å². The molecule has 0 bridgehead atoms. The minimum absolute atomic E-state index is 0.0757. The molecular weight excluding hydrogens is 329 g/mol. The zero-order chi connectivity index (χ0) is 16.9. The number of piperazine rings is 1. The number of rotatable bonds is 4. The summed E-state index contributed by atoms with van der Waals surface area (Å²) in [5, 5.41) is 10.9. The predicted molar refractivity (Wildman–Crippen MR) is 94.8 cm³/mol. The highest BCUT2D eigenvalue weighted by atomic mass is 32.2. The highest BCUT2D eigenvalue weighted by Crippen LogP contribution is 2.14. The van der Waals surface area contributed by atoms with Crippen LogP contribution in [0.15, 0.2) is 28.4 Å². The molecule has 2 heterocycles. The van der Waals surface area contributed by atoms with Crippen molar-refractivity contribution in [2.24, 2.45) is 10.2 Å². The van der Waals surface area contributed by atoms with Crippen LogP contribution in [0.25, 0.3) is 0 Å². The number of benzene rings is 1. The Morgan fingerprint density at radius 2 is 2.12 bits per heavy atom. The molecule has 1 amide bonds. The highest BCUT2D eigenvalue weighted by molar-refractivity contribution is 8.15. The maximum Gasteiger partial charge on any atom is 0.236 e. The molecular formula is C16H20FN5OS. The van der Waals surface area contributed by atoms with Crippen LogP contribution < -0.4 is 5.32 Å². The summed E-state index contributed by atoms with van der Waals surface area (Å²) >= 11 is 1.30. The molecule has 0 saturated carbocycles. The van der Waals surface area contributed by atoms with E-state index < -0.39 is 0 Å². The third kappa shape index (κ3) is 4.62. The summed E-state index contributed by atoms with van der Waals surface area (Å²) < 4.78 is 14.3. The fourth-order valence-corrected chi connectivity index (χ4v) is 3.18. The molecule has 1 aromatic carbocycles. The van der Waals surface area contributed by atoms with Gasteiger partial charge in [-0.05, 0) is 18.7 Å². The third-order valence-corrected chi connectivity index (χ3v) is 4.87. The fourth-order valence-electron chi connectivity index (χ4n) is 2.55. The van der Waals surface area contributed by atoms with E-state index in [4.69, 9.17) is 0 Å². The quantitative estimate of drug-likeness (QED) is 0.654. The van der Waals surface area contributed by atoms with Gasteiger partial charge in [-0.25, -0.2) is 4.39 Å². The normalized spacial score (nSPS) is 21.8. The Balaban J connectivity index is 1.59. The van der Waals surface area contributed by atoms with Crippen LogP contribution in [0.1, 0.15) is 11.1 Å². The molecule has 6 nitrogen and oxygen atoms in total. The summed E-state index contributed by atoms with van der Waals surface area (Å²) in [7, 11) is 2.10. The molecule has 8 heteroatoms. The minimum atomic E-state index is -0.228. The molecule has 128 valence electrons. The van der Waals surface area contributed by atoms with Crippen LogP contribution in [0, 0.1) is 5.82 Å². The Morgan fingerprint density at radius 3 is 2.79 bits per heavy atom. The maximum absolute atomic E-state index is 14.3. The van der Waals surface area contributed by atoms with Crippen molar-refractivity contribution in [2.75, 3.05) is 39.0 Å². The summed E-state index contributed by atoms with van der Waals surface area (Å²) in [6, 6.07) is 5.10. The number of nitrogens with zero attached hydrogens (tertiary/aromatic N) is 4. The number of hydrogen-bond acceptors (Lipinski definition) is 6. The van der Waals surface area contributed by atoms with Crippen LogP contribution in [-0.4, -0.2) is 66.1 Å². The van der Waals surface area contributed by atoms with Crippen molar-refractivity contribution in [3.63, 3.8) is 0 Å². The zero-order valence-electron chi connectivity index (χ0n) is 13.5. The molecule has 2 fully saturated rings. The molecule has 2 aliphatic heterocycles. The van der Waals surface area contributed by atoms with Gasteiger partial charge in [-0.1, -0.05) is 23.9 Å². The van der Waals surface area contributed by atoms with Crippen LogP contribution >= 0.6 is 11.8 Å². The van der Waals surface area contributed by atoms with Crippen molar-refractivity contribution < 1.29 is 9.18 Å². The molecule has 24 heavy (non-hydrogen) atoms. The van der Waals surface area contributed by atoms with Gasteiger partial charge in [-0.15, -0.1) is 5.10 Å². The number of halogens is 1. The van der Waals surface area contributed by atoms with Crippen molar-refractivity contribution in [3.8, 4) is 0 Å². The number of hydrogen-bond donors (Lipinski definition) is 1. The van der Waals surface area contributed by atoms with Crippen LogP contribution in [0.4, 0.5) is 4.39 Å². The lowest BCUT2D eigenvalue weighted by Gasteiger charge is -2.32. The summed E-state index contributed by atoms with van der Waals surface area (Å²) in [6.07, 6.45) is 1.49. The Bertz CT molecular complexity index is 670. The second kappa shape index (κ2) is 7.87. The second-order valence-corrected chi connectivity index (χ2v) is 6.88. The van der Waals surface area contributed by atoms with E-state index in [0.717, 1.165) is 26.2 Å². The molecule has 3 rings (SSSR count). The average molecular weight is 349 g/mol. The van der Waals surface area contributed by atoms with E-state index in [9.17, 15) is 9.18 Å². The first kappa shape index (κ1) is 17.1. The number of nitrogens with one attached hydrogen (secondary N) is 1. The first-order valence-electron chi connectivity index (χ1n) is 7.83. The van der Waals surface area contributed by atoms with E-state index >= 15 is 0 Å². The van der Waals surface area contributed by atoms with E-state index in [2.05, 4.69) is 32.4 Å². The van der Waals surface area contributed by atoms with E-state index in [1.807, 2.05) is 6.07 Å². The van der Waals surface area contributed by atoms with Gasteiger partial charge in [0.1, 0.15) is 5.82 Å². The Morgan fingerprint density at radius 1 is 1.33 bits per heavy atom. The standard InChI is InChI=1S/C16H20FN5OS/c1-21-4-6-22(7-5-21)10-13-3-2-12(8-14(13)17)9-18-20-16-19-15(23)11-24-16/h2-3,8-9H,4-7,10-11H2,1H3,(H,19,20,23). The third-order valence-electron chi connectivity index (χ3n) is 4.01. The van der Waals surface area contributed by atoms with Crippen LogP contribution in [0.3, 0.4) is 0 Å². The number of thioether (sulfide) groups is 1. The lowest BCUT2D eigenvalue weighted by molar-refractivity contribution is -0.116. The Labute approximate surface area is 144 Å². The van der Waals surface area contributed by atoms with Crippen molar-refractivity contribution in [2.45, 2.75) is 6.54 Å². The van der Waals surface area contributed by atoms with Crippen molar-refractivity contribution in [1.82, 2.24) is 15.1 Å². The van der Waals surface area contributed by atoms with Crippen molar-refractivity contribution in [3.05, 3.63) is 35.1 Å². The first-order valence-corrected chi connectivity index (χ1v) is 8.82.